The zero-order valence-electron chi connectivity index (χ0n) is 12.4. The smallest absolute Gasteiger partial charge is 0.119 e. The van der Waals surface area contributed by atoms with Gasteiger partial charge in [-0.05, 0) is 43.7 Å². The first-order valence-electron chi connectivity index (χ1n) is 7.51. The van der Waals surface area contributed by atoms with Gasteiger partial charge in [-0.25, -0.2) is 0 Å². The molecule has 0 radical (unpaired) electrons. The molecule has 1 aliphatic heterocycles. The van der Waals surface area contributed by atoms with Crippen LogP contribution in [0, 0.1) is 0 Å². The van der Waals surface area contributed by atoms with Crippen molar-refractivity contribution < 1.29 is 4.74 Å². The van der Waals surface area contributed by atoms with Gasteiger partial charge in [0.2, 0.25) is 0 Å². The Morgan fingerprint density at radius 1 is 1.00 bits per heavy atom. The average molecular weight is 341 g/mol. The molecular weight excluding hydrogens is 316 g/mol. The highest BCUT2D eigenvalue weighted by atomic mass is 79.9. The molecule has 0 atom stereocenters. The Morgan fingerprint density at radius 3 is 2.30 bits per heavy atom. The molecule has 0 amide bonds. The van der Waals surface area contributed by atoms with Gasteiger partial charge in [0, 0.05) is 37.2 Å². The van der Waals surface area contributed by atoms with Crippen LogP contribution in [0.15, 0.2) is 24.3 Å². The van der Waals surface area contributed by atoms with Crippen molar-refractivity contribution in [2.24, 2.45) is 0 Å². The molecule has 0 bridgehead atoms. The lowest BCUT2D eigenvalue weighted by Crippen LogP contribution is -2.46. The average Bonchev–Trinajstić information content (AvgIpc) is 2.52. The van der Waals surface area contributed by atoms with Gasteiger partial charge in [0.1, 0.15) is 5.75 Å². The van der Waals surface area contributed by atoms with E-state index in [1.165, 1.54) is 44.6 Å². The summed E-state index contributed by atoms with van der Waals surface area (Å²) in [5, 5.41) is 1.14. The standard InChI is InChI=1S/C16H25BrN2O/c1-20-16-7-5-15(6-8-16)19-13-11-18(12-14-19)10-4-2-3-9-17/h5-8H,2-4,9-14H2,1H3. The number of ether oxygens (including phenoxy) is 1. The molecule has 1 heterocycles. The Kier molecular flexibility index (Phi) is 6.67. The molecule has 4 heteroatoms. The van der Waals surface area contributed by atoms with Crippen LogP contribution in [-0.4, -0.2) is 50.1 Å². The van der Waals surface area contributed by atoms with Gasteiger partial charge < -0.3 is 9.64 Å². The van der Waals surface area contributed by atoms with E-state index in [0.29, 0.717) is 0 Å². The highest BCUT2D eigenvalue weighted by molar-refractivity contribution is 9.09. The molecule has 20 heavy (non-hydrogen) atoms. The largest absolute Gasteiger partial charge is 0.497 e. The SMILES string of the molecule is COc1ccc(N2CCN(CCCCCBr)CC2)cc1. The van der Waals surface area contributed by atoms with Crippen LogP contribution in [0.5, 0.6) is 5.75 Å². The predicted molar refractivity (Wildman–Crippen MR) is 89.3 cm³/mol. The van der Waals surface area contributed by atoms with Crippen molar-refractivity contribution in [2.45, 2.75) is 19.3 Å². The first kappa shape index (κ1) is 15.6. The summed E-state index contributed by atoms with van der Waals surface area (Å²) in [4.78, 5) is 5.06. The number of methoxy groups -OCH3 is 1. The Hall–Kier alpha value is -0.740. The van der Waals surface area contributed by atoms with Crippen molar-refractivity contribution in [3.05, 3.63) is 24.3 Å². The Balaban J connectivity index is 1.73. The van der Waals surface area contributed by atoms with Crippen molar-refractivity contribution in [1.29, 1.82) is 0 Å². The Bertz CT molecular complexity index is 375. The number of piperazine rings is 1. The van der Waals surface area contributed by atoms with Crippen molar-refractivity contribution in [1.82, 2.24) is 4.90 Å². The van der Waals surface area contributed by atoms with Crippen LogP contribution in [0.4, 0.5) is 5.69 Å². The first-order chi connectivity index (χ1) is 9.83. The second-order valence-electron chi connectivity index (χ2n) is 5.28. The van der Waals surface area contributed by atoms with Gasteiger partial charge in [-0.2, -0.15) is 0 Å². The number of rotatable bonds is 7. The monoisotopic (exact) mass is 340 g/mol. The highest BCUT2D eigenvalue weighted by Crippen LogP contribution is 2.20. The van der Waals surface area contributed by atoms with Crippen LogP contribution in [0.1, 0.15) is 19.3 Å². The van der Waals surface area contributed by atoms with E-state index in [4.69, 9.17) is 4.74 Å². The van der Waals surface area contributed by atoms with Crippen LogP contribution in [0.2, 0.25) is 0 Å². The summed E-state index contributed by atoms with van der Waals surface area (Å²) >= 11 is 3.49. The third kappa shape index (κ3) is 4.67. The predicted octanol–water partition coefficient (Wildman–Crippen LogP) is 3.38. The van der Waals surface area contributed by atoms with Crippen molar-refractivity contribution in [3.63, 3.8) is 0 Å². The molecule has 0 unspecified atom stereocenters. The summed E-state index contributed by atoms with van der Waals surface area (Å²) in [5.41, 5.74) is 1.31. The van der Waals surface area contributed by atoms with E-state index in [1.54, 1.807) is 7.11 Å². The molecule has 112 valence electrons. The van der Waals surface area contributed by atoms with E-state index in [1.807, 2.05) is 12.1 Å². The quantitative estimate of drug-likeness (QED) is 0.559. The molecule has 2 rings (SSSR count). The van der Waals surface area contributed by atoms with Crippen LogP contribution in [0.3, 0.4) is 0 Å². The molecule has 1 aliphatic rings. The summed E-state index contributed by atoms with van der Waals surface area (Å²) in [5.74, 6) is 0.930. The number of unbranched alkanes of at least 4 members (excludes halogenated alkanes) is 2. The fourth-order valence-corrected chi connectivity index (χ4v) is 3.03. The molecule has 0 spiro atoms. The van der Waals surface area contributed by atoms with E-state index in [9.17, 15) is 0 Å². The maximum Gasteiger partial charge on any atom is 0.119 e. The number of halogens is 1. The molecule has 1 fully saturated rings. The number of benzene rings is 1. The number of hydrogen-bond donors (Lipinski definition) is 0. The second kappa shape index (κ2) is 8.53. The van der Waals surface area contributed by atoms with Gasteiger partial charge in [-0.1, -0.05) is 22.4 Å². The summed E-state index contributed by atoms with van der Waals surface area (Å²) in [6.45, 7) is 5.87. The van der Waals surface area contributed by atoms with E-state index in [2.05, 4.69) is 37.9 Å². The van der Waals surface area contributed by atoms with Crippen LogP contribution >= 0.6 is 15.9 Å². The lowest BCUT2D eigenvalue weighted by molar-refractivity contribution is 0.253. The maximum atomic E-state index is 5.21. The minimum absolute atomic E-state index is 0.930. The summed E-state index contributed by atoms with van der Waals surface area (Å²) in [6, 6.07) is 8.40. The molecule has 1 saturated heterocycles. The summed E-state index contributed by atoms with van der Waals surface area (Å²) in [7, 11) is 1.71. The second-order valence-corrected chi connectivity index (χ2v) is 6.07. The van der Waals surface area contributed by atoms with E-state index < -0.39 is 0 Å². The Morgan fingerprint density at radius 2 is 1.70 bits per heavy atom. The van der Waals surface area contributed by atoms with Crippen LogP contribution in [0.25, 0.3) is 0 Å². The normalized spacial score (nSPS) is 16.4. The molecule has 0 aromatic heterocycles. The van der Waals surface area contributed by atoms with Gasteiger partial charge in [0.05, 0.1) is 7.11 Å². The number of nitrogens with zero attached hydrogens (tertiary/aromatic N) is 2. The third-order valence-corrected chi connectivity index (χ3v) is 4.48. The van der Waals surface area contributed by atoms with Gasteiger partial charge in [0.15, 0.2) is 0 Å². The fourth-order valence-electron chi connectivity index (χ4n) is 2.63. The van der Waals surface area contributed by atoms with E-state index in [0.717, 1.165) is 24.2 Å². The number of hydrogen-bond acceptors (Lipinski definition) is 3. The fraction of sp³-hybridized carbons (Fsp3) is 0.625. The highest BCUT2D eigenvalue weighted by Gasteiger charge is 2.16. The van der Waals surface area contributed by atoms with Crippen molar-refractivity contribution in [3.8, 4) is 5.75 Å². The van der Waals surface area contributed by atoms with E-state index in [-0.39, 0.29) is 0 Å². The summed E-state index contributed by atoms with van der Waals surface area (Å²) in [6.07, 6.45) is 3.96. The molecular formula is C16H25BrN2O. The molecule has 1 aromatic carbocycles. The molecule has 0 N–H and O–H groups in total. The van der Waals surface area contributed by atoms with Gasteiger partial charge in [0.25, 0.3) is 0 Å². The zero-order chi connectivity index (χ0) is 14.2. The molecule has 1 aromatic rings. The van der Waals surface area contributed by atoms with Crippen LogP contribution in [-0.2, 0) is 0 Å². The first-order valence-corrected chi connectivity index (χ1v) is 8.63. The number of alkyl halides is 1. The Labute approximate surface area is 131 Å². The molecule has 3 nitrogen and oxygen atoms in total. The van der Waals surface area contributed by atoms with Gasteiger partial charge in [-0.3, -0.25) is 4.90 Å². The van der Waals surface area contributed by atoms with Crippen molar-refractivity contribution in [2.75, 3.05) is 50.1 Å². The third-order valence-electron chi connectivity index (χ3n) is 3.92. The van der Waals surface area contributed by atoms with Gasteiger partial charge in [-0.15, -0.1) is 0 Å². The van der Waals surface area contributed by atoms with E-state index >= 15 is 0 Å². The lowest BCUT2D eigenvalue weighted by Gasteiger charge is -2.36. The minimum Gasteiger partial charge on any atom is -0.497 e. The molecule has 0 saturated carbocycles. The van der Waals surface area contributed by atoms with Crippen LogP contribution < -0.4 is 9.64 Å². The maximum absolute atomic E-state index is 5.21. The zero-order valence-corrected chi connectivity index (χ0v) is 13.9. The topological polar surface area (TPSA) is 15.7 Å². The number of anilines is 1. The minimum atomic E-state index is 0.930. The van der Waals surface area contributed by atoms with Crippen molar-refractivity contribution >= 4 is 21.6 Å². The summed E-state index contributed by atoms with van der Waals surface area (Å²) < 4.78 is 5.21. The van der Waals surface area contributed by atoms with Gasteiger partial charge >= 0.3 is 0 Å². The lowest BCUT2D eigenvalue weighted by atomic mass is 10.2. The molecule has 0 aliphatic carbocycles.